The van der Waals surface area contributed by atoms with Crippen LogP contribution in [0.15, 0.2) is 24.3 Å². The van der Waals surface area contributed by atoms with E-state index in [-0.39, 0.29) is 5.91 Å². The topological polar surface area (TPSA) is 32.3 Å². The van der Waals surface area contributed by atoms with Crippen LogP contribution in [0.25, 0.3) is 0 Å². The number of aryl methyl sites for hydroxylation is 1. The lowest BCUT2D eigenvalue weighted by Crippen LogP contribution is -2.32. The van der Waals surface area contributed by atoms with E-state index in [4.69, 9.17) is 0 Å². The van der Waals surface area contributed by atoms with Crippen molar-refractivity contribution in [3.05, 3.63) is 29.8 Å². The molecule has 3 heteroatoms. The van der Waals surface area contributed by atoms with Gasteiger partial charge in [0.1, 0.15) is 0 Å². The molecule has 3 nitrogen and oxygen atoms in total. The summed E-state index contributed by atoms with van der Waals surface area (Å²) in [5.41, 5.74) is 2.33. The predicted molar refractivity (Wildman–Crippen MR) is 70.1 cm³/mol. The first-order valence-electron chi connectivity index (χ1n) is 6.40. The van der Waals surface area contributed by atoms with Gasteiger partial charge in [-0.1, -0.05) is 19.1 Å². The number of hydrogen-bond acceptors (Lipinski definition) is 2. The highest BCUT2D eigenvalue weighted by Gasteiger charge is 2.16. The molecular formula is C14H20N2O. The molecule has 1 aliphatic rings. The van der Waals surface area contributed by atoms with Gasteiger partial charge in [-0.05, 0) is 37.0 Å². The maximum absolute atomic E-state index is 11.8. The largest absolute Gasteiger partial charge is 0.376 e. The highest BCUT2D eigenvalue weighted by atomic mass is 16.2. The molecule has 0 atom stereocenters. The second kappa shape index (κ2) is 5.71. The van der Waals surface area contributed by atoms with Gasteiger partial charge in [0.05, 0.1) is 6.54 Å². The van der Waals surface area contributed by atoms with Gasteiger partial charge < -0.3 is 10.2 Å². The van der Waals surface area contributed by atoms with Crippen molar-refractivity contribution in [1.29, 1.82) is 0 Å². The molecule has 1 amide bonds. The van der Waals surface area contributed by atoms with Crippen LogP contribution >= 0.6 is 0 Å². The van der Waals surface area contributed by atoms with Crippen molar-refractivity contribution in [3.63, 3.8) is 0 Å². The Bertz CT molecular complexity index is 384. The Morgan fingerprint density at radius 2 is 2.12 bits per heavy atom. The summed E-state index contributed by atoms with van der Waals surface area (Å²) in [6.07, 6.45) is 3.32. The number of nitrogens with one attached hydrogen (secondary N) is 1. The highest BCUT2D eigenvalue weighted by Crippen LogP contribution is 2.12. The maximum atomic E-state index is 11.8. The van der Waals surface area contributed by atoms with Gasteiger partial charge >= 0.3 is 0 Å². The lowest BCUT2D eigenvalue weighted by atomic mass is 10.1. The van der Waals surface area contributed by atoms with Crippen LogP contribution in [0.3, 0.4) is 0 Å². The number of likely N-dealkylation sites (tertiary alicyclic amines) is 1. The third-order valence-corrected chi connectivity index (χ3v) is 3.24. The molecule has 1 aromatic carbocycles. The van der Waals surface area contributed by atoms with E-state index < -0.39 is 0 Å². The second-order valence-electron chi connectivity index (χ2n) is 4.50. The summed E-state index contributed by atoms with van der Waals surface area (Å²) >= 11 is 0. The van der Waals surface area contributed by atoms with Gasteiger partial charge in [0.25, 0.3) is 0 Å². The lowest BCUT2D eigenvalue weighted by Gasteiger charge is -2.16. The molecule has 1 saturated heterocycles. The molecule has 0 aromatic heterocycles. The SMILES string of the molecule is CCc1cccc(NCC(=O)N2CCCC2)c1. The first kappa shape index (κ1) is 12.0. The standard InChI is InChI=1S/C14H20N2O/c1-2-12-6-5-7-13(10-12)15-11-14(17)16-8-3-4-9-16/h5-7,10,15H,2-4,8-9,11H2,1H3. The third-order valence-electron chi connectivity index (χ3n) is 3.24. The first-order valence-corrected chi connectivity index (χ1v) is 6.40. The van der Waals surface area contributed by atoms with Gasteiger partial charge in [-0.3, -0.25) is 4.79 Å². The molecule has 0 saturated carbocycles. The van der Waals surface area contributed by atoms with Gasteiger partial charge in [0.2, 0.25) is 5.91 Å². The summed E-state index contributed by atoms with van der Waals surface area (Å²) in [6.45, 7) is 4.40. The summed E-state index contributed by atoms with van der Waals surface area (Å²) in [7, 11) is 0. The van der Waals surface area contributed by atoms with Crippen LogP contribution in [0, 0.1) is 0 Å². The number of amides is 1. The van der Waals surface area contributed by atoms with Gasteiger partial charge in [-0.2, -0.15) is 0 Å². The van der Waals surface area contributed by atoms with E-state index in [2.05, 4.69) is 24.4 Å². The zero-order valence-corrected chi connectivity index (χ0v) is 10.4. The minimum absolute atomic E-state index is 0.212. The molecular weight excluding hydrogens is 212 g/mol. The molecule has 1 N–H and O–H groups in total. The number of anilines is 1. The van der Waals surface area contributed by atoms with E-state index in [1.54, 1.807) is 0 Å². The lowest BCUT2D eigenvalue weighted by molar-refractivity contribution is -0.128. The minimum Gasteiger partial charge on any atom is -0.376 e. The Balaban J connectivity index is 1.86. The van der Waals surface area contributed by atoms with E-state index in [0.29, 0.717) is 6.54 Å². The summed E-state index contributed by atoms with van der Waals surface area (Å²) in [6, 6.07) is 8.25. The predicted octanol–water partition coefficient (Wildman–Crippen LogP) is 2.28. The molecule has 1 fully saturated rings. The Morgan fingerprint density at radius 1 is 1.35 bits per heavy atom. The van der Waals surface area contributed by atoms with Crippen LogP contribution in [0.1, 0.15) is 25.3 Å². The number of carbonyl (C=O) groups is 1. The van der Waals surface area contributed by atoms with Crippen LogP contribution < -0.4 is 5.32 Å². The van der Waals surface area contributed by atoms with E-state index >= 15 is 0 Å². The molecule has 0 aliphatic carbocycles. The van der Waals surface area contributed by atoms with Crippen molar-refractivity contribution in [2.75, 3.05) is 25.0 Å². The summed E-state index contributed by atoms with van der Waals surface area (Å²) < 4.78 is 0. The smallest absolute Gasteiger partial charge is 0.241 e. The third kappa shape index (κ3) is 3.22. The monoisotopic (exact) mass is 232 g/mol. The van der Waals surface area contributed by atoms with Gasteiger partial charge in [0, 0.05) is 18.8 Å². The fourth-order valence-corrected chi connectivity index (χ4v) is 2.16. The van der Waals surface area contributed by atoms with E-state index in [1.165, 1.54) is 5.56 Å². The maximum Gasteiger partial charge on any atom is 0.241 e. The van der Waals surface area contributed by atoms with Crippen molar-refractivity contribution < 1.29 is 4.79 Å². The molecule has 0 radical (unpaired) electrons. The minimum atomic E-state index is 0.212. The Hall–Kier alpha value is -1.51. The van der Waals surface area contributed by atoms with E-state index in [9.17, 15) is 4.79 Å². The molecule has 0 unspecified atom stereocenters. The van der Waals surface area contributed by atoms with Gasteiger partial charge in [0.15, 0.2) is 0 Å². The molecule has 1 heterocycles. The average molecular weight is 232 g/mol. The van der Waals surface area contributed by atoms with Crippen molar-refractivity contribution in [2.24, 2.45) is 0 Å². The van der Waals surface area contributed by atoms with E-state index in [0.717, 1.165) is 38.0 Å². The molecule has 2 rings (SSSR count). The fraction of sp³-hybridized carbons (Fsp3) is 0.500. The zero-order valence-electron chi connectivity index (χ0n) is 10.4. The van der Waals surface area contributed by atoms with Crippen molar-refractivity contribution in [3.8, 4) is 0 Å². The number of carbonyl (C=O) groups excluding carboxylic acids is 1. The van der Waals surface area contributed by atoms with Gasteiger partial charge in [-0.25, -0.2) is 0 Å². The normalized spacial score (nSPS) is 15.0. The van der Waals surface area contributed by atoms with Crippen LogP contribution in [0.4, 0.5) is 5.69 Å². The molecule has 1 aromatic rings. The Morgan fingerprint density at radius 3 is 2.82 bits per heavy atom. The van der Waals surface area contributed by atoms with Crippen LogP contribution in [-0.4, -0.2) is 30.4 Å². The van der Waals surface area contributed by atoms with Crippen molar-refractivity contribution >= 4 is 11.6 Å². The quantitative estimate of drug-likeness (QED) is 0.863. The molecule has 17 heavy (non-hydrogen) atoms. The van der Waals surface area contributed by atoms with Crippen molar-refractivity contribution in [2.45, 2.75) is 26.2 Å². The summed E-state index contributed by atoms with van der Waals surface area (Å²) in [5, 5.41) is 3.20. The Kier molecular flexibility index (Phi) is 4.02. The highest BCUT2D eigenvalue weighted by molar-refractivity contribution is 5.81. The van der Waals surface area contributed by atoms with Crippen molar-refractivity contribution in [1.82, 2.24) is 4.90 Å². The average Bonchev–Trinajstić information content (AvgIpc) is 2.90. The second-order valence-corrected chi connectivity index (χ2v) is 4.50. The zero-order chi connectivity index (χ0) is 12.1. The summed E-state index contributed by atoms with van der Waals surface area (Å²) in [4.78, 5) is 13.8. The number of nitrogens with zero attached hydrogens (tertiary/aromatic N) is 1. The first-order chi connectivity index (χ1) is 8.29. The van der Waals surface area contributed by atoms with Crippen LogP contribution in [-0.2, 0) is 11.2 Å². The summed E-state index contributed by atoms with van der Waals surface area (Å²) in [5.74, 6) is 0.212. The van der Waals surface area contributed by atoms with Crippen LogP contribution in [0.5, 0.6) is 0 Å². The number of hydrogen-bond donors (Lipinski definition) is 1. The number of rotatable bonds is 4. The Labute approximate surface area is 103 Å². The van der Waals surface area contributed by atoms with Crippen LogP contribution in [0.2, 0.25) is 0 Å². The molecule has 1 aliphatic heterocycles. The van der Waals surface area contributed by atoms with E-state index in [1.807, 2.05) is 17.0 Å². The number of benzene rings is 1. The molecule has 0 spiro atoms. The molecule has 92 valence electrons. The van der Waals surface area contributed by atoms with Gasteiger partial charge in [-0.15, -0.1) is 0 Å². The molecule has 0 bridgehead atoms. The fourth-order valence-electron chi connectivity index (χ4n) is 2.16.